The summed E-state index contributed by atoms with van der Waals surface area (Å²) in [6.45, 7) is 5.10. The molecule has 0 atom stereocenters. The second-order valence-corrected chi connectivity index (χ2v) is 7.75. The van der Waals surface area contributed by atoms with Crippen molar-refractivity contribution in [1.82, 2.24) is 25.1 Å². The van der Waals surface area contributed by atoms with E-state index in [4.69, 9.17) is 0 Å². The Morgan fingerprint density at radius 1 is 1.27 bits per heavy atom. The molecule has 0 radical (unpaired) electrons. The van der Waals surface area contributed by atoms with Crippen LogP contribution in [0.25, 0.3) is 0 Å². The normalized spacial score (nSPS) is 15.0. The molecular formula is C13H23N5O3S. The van der Waals surface area contributed by atoms with Gasteiger partial charge in [-0.2, -0.15) is 0 Å². The highest BCUT2D eigenvalue weighted by molar-refractivity contribution is 7.91. The molecule has 0 N–H and O–H groups in total. The van der Waals surface area contributed by atoms with Gasteiger partial charge in [-0.1, -0.05) is 13.8 Å². The number of nitrogens with zero attached hydrogens (tertiary/aromatic N) is 5. The van der Waals surface area contributed by atoms with Crippen LogP contribution in [-0.4, -0.2) is 58.3 Å². The maximum Gasteiger partial charge on any atom is 0.237 e. The number of amides is 1. The lowest BCUT2D eigenvalue weighted by Gasteiger charge is -2.21. The third-order valence-corrected chi connectivity index (χ3v) is 4.87. The molecule has 9 heteroatoms. The van der Waals surface area contributed by atoms with Gasteiger partial charge in [0.15, 0.2) is 15.7 Å². The van der Waals surface area contributed by atoms with E-state index in [9.17, 15) is 13.2 Å². The largest absolute Gasteiger partial charge is 0.342 e. The van der Waals surface area contributed by atoms with E-state index in [-0.39, 0.29) is 17.7 Å². The van der Waals surface area contributed by atoms with E-state index in [2.05, 4.69) is 15.5 Å². The topological polar surface area (TPSA) is 98.1 Å². The van der Waals surface area contributed by atoms with Crippen molar-refractivity contribution >= 4 is 15.7 Å². The molecule has 2 rings (SSSR count). The minimum atomic E-state index is -3.57. The summed E-state index contributed by atoms with van der Waals surface area (Å²) in [5, 5.41) is 11.2. The number of hydrogen-bond acceptors (Lipinski definition) is 6. The molecule has 124 valence electrons. The summed E-state index contributed by atoms with van der Waals surface area (Å²) in [6, 6.07) is 0.215. The van der Waals surface area contributed by atoms with Crippen LogP contribution in [0, 0.1) is 0 Å². The molecule has 1 aromatic rings. The summed E-state index contributed by atoms with van der Waals surface area (Å²) in [5.41, 5.74) is 0. The van der Waals surface area contributed by atoms with E-state index in [0.717, 1.165) is 25.7 Å². The van der Waals surface area contributed by atoms with Gasteiger partial charge in [-0.15, -0.1) is 5.10 Å². The van der Waals surface area contributed by atoms with Crippen molar-refractivity contribution in [3.8, 4) is 0 Å². The van der Waals surface area contributed by atoms with Crippen molar-refractivity contribution in [2.75, 3.05) is 18.8 Å². The summed E-state index contributed by atoms with van der Waals surface area (Å²) < 4.78 is 26.1. The first-order valence-corrected chi connectivity index (χ1v) is 9.54. The summed E-state index contributed by atoms with van der Waals surface area (Å²) in [7, 11) is -3.57. The number of tetrazole rings is 1. The highest BCUT2D eigenvalue weighted by Gasteiger charge is 2.30. The van der Waals surface area contributed by atoms with Gasteiger partial charge in [-0.25, -0.2) is 13.1 Å². The minimum Gasteiger partial charge on any atom is -0.342 e. The van der Waals surface area contributed by atoms with Crippen molar-refractivity contribution in [2.45, 2.75) is 51.3 Å². The predicted molar refractivity (Wildman–Crippen MR) is 80.7 cm³/mol. The number of rotatable bonds is 9. The average Bonchev–Trinajstić information content (AvgIpc) is 3.18. The standard InChI is InChI=1S/C13H23N5O3S/c1-3-7-17(8-4-2)13(19)10-22(20,21)9-12-14-15-16-18(12)11-5-6-11/h11H,3-10H2,1-2H3. The lowest BCUT2D eigenvalue weighted by Crippen LogP contribution is -2.37. The molecule has 0 unspecified atom stereocenters. The predicted octanol–water partition coefficient (Wildman–Crippen LogP) is 0.571. The van der Waals surface area contributed by atoms with E-state index in [1.165, 1.54) is 0 Å². The van der Waals surface area contributed by atoms with Crippen molar-refractivity contribution in [3.63, 3.8) is 0 Å². The van der Waals surface area contributed by atoms with Gasteiger partial charge >= 0.3 is 0 Å². The van der Waals surface area contributed by atoms with E-state index < -0.39 is 15.6 Å². The number of carbonyl (C=O) groups excluding carboxylic acids is 1. The smallest absolute Gasteiger partial charge is 0.237 e. The maximum absolute atomic E-state index is 12.3. The fourth-order valence-electron chi connectivity index (χ4n) is 2.34. The fourth-order valence-corrected chi connectivity index (χ4v) is 3.58. The lowest BCUT2D eigenvalue weighted by molar-refractivity contribution is -0.128. The lowest BCUT2D eigenvalue weighted by atomic mass is 10.3. The molecule has 8 nitrogen and oxygen atoms in total. The Hall–Kier alpha value is -1.51. The van der Waals surface area contributed by atoms with Gasteiger partial charge in [-0.3, -0.25) is 4.79 Å². The summed E-state index contributed by atoms with van der Waals surface area (Å²) >= 11 is 0. The van der Waals surface area contributed by atoms with E-state index >= 15 is 0 Å². The third kappa shape index (κ3) is 4.49. The highest BCUT2D eigenvalue weighted by atomic mass is 32.2. The van der Waals surface area contributed by atoms with Gasteiger partial charge in [0.05, 0.1) is 6.04 Å². The van der Waals surface area contributed by atoms with E-state index in [0.29, 0.717) is 18.9 Å². The minimum absolute atomic E-state index is 0.215. The average molecular weight is 329 g/mol. The fraction of sp³-hybridized carbons (Fsp3) is 0.846. The molecule has 22 heavy (non-hydrogen) atoms. The second kappa shape index (κ2) is 7.17. The van der Waals surface area contributed by atoms with E-state index in [1.54, 1.807) is 9.58 Å². The van der Waals surface area contributed by atoms with Crippen LogP contribution >= 0.6 is 0 Å². The molecule has 1 aromatic heterocycles. The van der Waals surface area contributed by atoms with E-state index in [1.807, 2.05) is 13.8 Å². The summed E-state index contributed by atoms with van der Waals surface area (Å²) in [5.74, 6) is -0.777. The molecule has 1 fully saturated rings. The third-order valence-electron chi connectivity index (χ3n) is 3.49. The Balaban J connectivity index is 2.00. The molecule has 0 aromatic carbocycles. The quantitative estimate of drug-likeness (QED) is 0.657. The van der Waals surface area contributed by atoms with Gasteiger partial charge in [0.25, 0.3) is 0 Å². The number of aromatic nitrogens is 4. The molecule has 1 heterocycles. The second-order valence-electron chi connectivity index (χ2n) is 5.68. The number of carbonyl (C=O) groups is 1. The first kappa shape index (κ1) is 16.9. The van der Waals surface area contributed by atoms with Crippen molar-refractivity contribution in [3.05, 3.63) is 5.82 Å². The Morgan fingerprint density at radius 2 is 1.91 bits per heavy atom. The zero-order valence-corrected chi connectivity index (χ0v) is 13.9. The molecule has 0 saturated heterocycles. The van der Waals surface area contributed by atoms with Gasteiger partial charge < -0.3 is 4.90 Å². The van der Waals surface area contributed by atoms with Crippen LogP contribution in [0.15, 0.2) is 0 Å². The van der Waals surface area contributed by atoms with Crippen LogP contribution < -0.4 is 0 Å². The Morgan fingerprint density at radius 3 is 2.45 bits per heavy atom. The molecule has 1 aliphatic rings. The molecule has 0 aliphatic heterocycles. The Kier molecular flexibility index (Phi) is 5.49. The summed E-state index contributed by atoms with van der Waals surface area (Å²) in [6.07, 6.45) is 3.56. The van der Waals surface area contributed by atoms with Crippen LogP contribution in [-0.2, 0) is 20.4 Å². The van der Waals surface area contributed by atoms with Gasteiger partial charge in [0.1, 0.15) is 11.5 Å². The Bertz CT molecular complexity index is 603. The van der Waals surface area contributed by atoms with Gasteiger partial charge in [-0.05, 0) is 36.1 Å². The Labute approximate surface area is 130 Å². The van der Waals surface area contributed by atoms with Crippen LogP contribution in [0.1, 0.15) is 51.4 Å². The molecule has 1 saturated carbocycles. The monoisotopic (exact) mass is 329 g/mol. The molecule has 0 bridgehead atoms. The maximum atomic E-state index is 12.3. The zero-order chi connectivity index (χ0) is 16.2. The van der Waals surface area contributed by atoms with Crippen LogP contribution in [0.2, 0.25) is 0 Å². The molecule has 0 spiro atoms. The number of sulfone groups is 1. The van der Waals surface area contributed by atoms with Crippen LogP contribution in [0.4, 0.5) is 0 Å². The first-order valence-electron chi connectivity index (χ1n) is 7.71. The van der Waals surface area contributed by atoms with Gasteiger partial charge in [0, 0.05) is 13.1 Å². The zero-order valence-electron chi connectivity index (χ0n) is 13.1. The van der Waals surface area contributed by atoms with Crippen LogP contribution in [0.5, 0.6) is 0 Å². The molecule has 1 aliphatic carbocycles. The summed E-state index contributed by atoms with van der Waals surface area (Å²) in [4.78, 5) is 13.8. The number of hydrogen-bond donors (Lipinski definition) is 0. The first-order chi connectivity index (χ1) is 10.5. The molecule has 1 amide bonds. The van der Waals surface area contributed by atoms with Gasteiger partial charge in [0.2, 0.25) is 5.91 Å². The SMILES string of the molecule is CCCN(CCC)C(=O)CS(=O)(=O)Cc1nnnn1C1CC1. The highest BCUT2D eigenvalue weighted by Crippen LogP contribution is 2.34. The van der Waals surface area contributed by atoms with Crippen molar-refractivity contribution in [2.24, 2.45) is 0 Å². The van der Waals surface area contributed by atoms with Crippen molar-refractivity contribution in [1.29, 1.82) is 0 Å². The van der Waals surface area contributed by atoms with Crippen LogP contribution in [0.3, 0.4) is 0 Å². The molecular weight excluding hydrogens is 306 g/mol. The van der Waals surface area contributed by atoms with Crippen molar-refractivity contribution < 1.29 is 13.2 Å².